The van der Waals surface area contributed by atoms with Crippen LogP contribution in [0.4, 0.5) is 10.7 Å². The van der Waals surface area contributed by atoms with Crippen LogP contribution in [0, 0.1) is 13.8 Å². The Morgan fingerprint density at radius 1 is 1.19 bits per heavy atom. The fourth-order valence-electron chi connectivity index (χ4n) is 3.72. The average molecular weight is 354 g/mol. The minimum absolute atomic E-state index is 0.0168. The van der Waals surface area contributed by atoms with Crippen molar-refractivity contribution in [3.63, 3.8) is 0 Å². The molecule has 1 amide bonds. The highest BCUT2D eigenvalue weighted by atomic mass is 16.6. The molecule has 0 spiro atoms. The number of fused-ring (bicyclic) bond motifs is 1. The molecule has 2 aliphatic rings. The number of rotatable bonds is 4. The molecule has 7 heteroatoms. The number of anilines is 1. The van der Waals surface area contributed by atoms with Crippen molar-refractivity contribution in [3.05, 3.63) is 47.3 Å². The first kappa shape index (κ1) is 16.6. The number of benzene rings is 1. The fourth-order valence-corrected chi connectivity index (χ4v) is 3.72. The molecule has 7 nitrogen and oxygen atoms in total. The molecule has 0 unspecified atom stereocenters. The van der Waals surface area contributed by atoms with E-state index in [9.17, 15) is 4.79 Å². The molecule has 4 rings (SSSR count). The van der Waals surface area contributed by atoms with Crippen LogP contribution in [-0.2, 0) is 11.3 Å². The predicted molar refractivity (Wildman–Crippen MR) is 96.3 cm³/mol. The minimum Gasteiger partial charge on any atom is -0.496 e. The monoisotopic (exact) mass is 354 g/mol. The van der Waals surface area contributed by atoms with E-state index >= 15 is 0 Å². The molecule has 136 valence electrons. The van der Waals surface area contributed by atoms with E-state index in [1.54, 1.807) is 12.0 Å². The maximum atomic E-state index is 12.4. The molecule has 2 aromatic rings. The smallest absolute Gasteiger partial charge is 0.410 e. The van der Waals surface area contributed by atoms with Crippen LogP contribution in [0.1, 0.15) is 17.0 Å². The molecule has 26 heavy (non-hydrogen) atoms. The van der Waals surface area contributed by atoms with Crippen molar-refractivity contribution in [1.82, 2.24) is 14.9 Å². The summed E-state index contributed by atoms with van der Waals surface area (Å²) in [7, 11) is 1.64. The Morgan fingerprint density at radius 3 is 2.65 bits per heavy atom. The lowest BCUT2D eigenvalue weighted by atomic mass is 10.1. The zero-order chi connectivity index (χ0) is 18.3. The molecule has 0 N–H and O–H groups in total. The van der Waals surface area contributed by atoms with Gasteiger partial charge in [0.25, 0.3) is 0 Å². The van der Waals surface area contributed by atoms with Gasteiger partial charge in [0.2, 0.25) is 5.95 Å². The maximum Gasteiger partial charge on any atom is 0.410 e. The first-order valence-corrected chi connectivity index (χ1v) is 8.71. The summed E-state index contributed by atoms with van der Waals surface area (Å²) in [6.07, 6.45) is -0.437. The molecule has 2 saturated heterocycles. The predicted octanol–water partition coefficient (Wildman–Crippen LogP) is 2.31. The Bertz CT molecular complexity index is 821. The SMILES string of the molecule is COc1ccccc1CN1C(=O)O[C@@H]2CN(c3nc(C)cc(C)n3)C[C@@H]21. The van der Waals surface area contributed by atoms with Crippen LogP contribution in [-0.4, -0.2) is 53.3 Å². The topological polar surface area (TPSA) is 67.8 Å². The second-order valence-corrected chi connectivity index (χ2v) is 6.78. The second-order valence-electron chi connectivity index (χ2n) is 6.78. The number of carbonyl (C=O) groups excluding carboxylic acids is 1. The third-order valence-electron chi connectivity index (χ3n) is 4.91. The zero-order valence-electron chi connectivity index (χ0n) is 15.2. The van der Waals surface area contributed by atoms with E-state index < -0.39 is 0 Å². The van der Waals surface area contributed by atoms with Gasteiger partial charge < -0.3 is 14.4 Å². The van der Waals surface area contributed by atoms with Crippen molar-refractivity contribution in [2.24, 2.45) is 0 Å². The molecule has 2 atom stereocenters. The lowest BCUT2D eigenvalue weighted by Gasteiger charge is -2.23. The summed E-state index contributed by atoms with van der Waals surface area (Å²) in [4.78, 5) is 25.3. The third-order valence-corrected chi connectivity index (χ3v) is 4.91. The Labute approximate surface area is 152 Å². The summed E-state index contributed by atoms with van der Waals surface area (Å²) in [5.74, 6) is 1.47. The molecule has 0 bridgehead atoms. The van der Waals surface area contributed by atoms with Gasteiger partial charge in [-0.25, -0.2) is 14.8 Å². The Hall–Kier alpha value is -2.83. The first-order chi connectivity index (χ1) is 12.5. The summed E-state index contributed by atoms with van der Waals surface area (Å²) in [6, 6.07) is 9.67. The highest BCUT2D eigenvalue weighted by Crippen LogP contribution is 2.31. The van der Waals surface area contributed by atoms with Gasteiger partial charge >= 0.3 is 6.09 Å². The molecule has 3 heterocycles. The van der Waals surface area contributed by atoms with Crippen molar-refractivity contribution in [1.29, 1.82) is 0 Å². The number of aromatic nitrogens is 2. The van der Waals surface area contributed by atoms with E-state index in [2.05, 4.69) is 14.9 Å². The van der Waals surface area contributed by atoms with Crippen LogP contribution in [0.15, 0.2) is 30.3 Å². The largest absolute Gasteiger partial charge is 0.496 e. The fraction of sp³-hybridized carbons (Fsp3) is 0.421. The average Bonchev–Trinajstić information content (AvgIpc) is 3.13. The van der Waals surface area contributed by atoms with Crippen molar-refractivity contribution in [2.45, 2.75) is 32.5 Å². The summed E-state index contributed by atoms with van der Waals surface area (Å²) < 4.78 is 11.0. The van der Waals surface area contributed by atoms with Gasteiger partial charge in [0.15, 0.2) is 0 Å². The van der Waals surface area contributed by atoms with E-state index in [4.69, 9.17) is 9.47 Å². The van der Waals surface area contributed by atoms with Crippen LogP contribution in [0.3, 0.4) is 0 Å². The number of carbonyl (C=O) groups is 1. The molecular formula is C19H22N4O3. The highest BCUT2D eigenvalue weighted by molar-refractivity contribution is 5.72. The van der Waals surface area contributed by atoms with Gasteiger partial charge in [0.05, 0.1) is 26.2 Å². The Kier molecular flexibility index (Phi) is 4.14. The molecule has 1 aromatic carbocycles. The summed E-state index contributed by atoms with van der Waals surface area (Å²) in [6.45, 7) is 5.66. The quantitative estimate of drug-likeness (QED) is 0.839. The van der Waals surface area contributed by atoms with Crippen LogP contribution in [0.5, 0.6) is 5.75 Å². The standard InChI is InChI=1S/C19H22N4O3/c1-12-8-13(2)21-18(20-12)22-10-15-17(11-22)26-19(24)23(15)9-14-6-4-5-7-16(14)25-3/h4-8,15,17H,9-11H2,1-3H3/t15-,17+/m0/s1. The van der Waals surface area contributed by atoms with Gasteiger partial charge in [-0.2, -0.15) is 0 Å². The molecule has 1 aromatic heterocycles. The maximum absolute atomic E-state index is 12.4. The number of amides is 1. The number of aryl methyl sites for hydroxylation is 2. The van der Waals surface area contributed by atoms with Gasteiger partial charge in [-0.15, -0.1) is 0 Å². The summed E-state index contributed by atoms with van der Waals surface area (Å²) >= 11 is 0. The minimum atomic E-state index is -0.271. The van der Waals surface area contributed by atoms with E-state index in [1.165, 1.54) is 0 Å². The van der Waals surface area contributed by atoms with Crippen molar-refractivity contribution >= 4 is 12.0 Å². The Morgan fingerprint density at radius 2 is 1.92 bits per heavy atom. The van der Waals surface area contributed by atoms with E-state index in [1.807, 2.05) is 44.2 Å². The zero-order valence-corrected chi connectivity index (χ0v) is 15.2. The lowest BCUT2D eigenvalue weighted by Crippen LogP contribution is -2.37. The van der Waals surface area contributed by atoms with E-state index in [0.29, 0.717) is 25.6 Å². The number of nitrogens with zero attached hydrogens (tertiary/aromatic N) is 4. The van der Waals surface area contributed by atoms with Gasteiger partial charge in [-0.05, 0) is 26.0 Å². The number of hydrogen-bond donors (Lipinski definition) is 0. The molecule has 0 saturated carbocycles. The molecule has 0 aliphatic carbocycles. The Balaban J connectivity index is 1.54. The molecule has 0 radical (unpaired) electrons. The van der Waals surface area contributed by atoms with Crippen LogP contribution in [0.25, 0.3) is 0 Å². The van der Waals surface area contributed by atoms with Crippen LogP contribution < -0.4 is 9.64 Å². The van der Waals surface area contributed by atoms with Crippen molar-refractivity contribution < 1.29 is 14.3 Å². The number of methoxy groups -OCH3 is 1. The van der Waals surface area contributed by atoms with Crippen molar-refractivity contribution in [3.8, 4) is 5.75 Å². The highest BCUT2D eigenvalue weighted by Gasteiger charge is 2.48. The number of hydrogen-bond acceptors (Lipinski definition) is 6. The number of ether oxygens (including phenoxy) is 2. The third kappa shape index (κ3) is 2.94. The lowest BCUT2D eigenvalue weighted by molar-refractivity contribution is 0.135. The van der Waals surface area contributed by atoms with Gasteiger partial charge in [0.1, 0.15) is 11.9 Å². The van der Waals surface area contributed by atoms with Crippen LogP contribution in [0.2, 0.25) is 0 Å². The second kappa shape index (κ2) is 6.48. The first-order valence-electron chi connectivity index (χ1n) is 8.71. The van der Waals surface area contributed by atoms with E-state index in [0.717, 1.165) is 22.7 Å². The van der Waals surface area contributed by atoms with E-state index in [-0.39, 0.29) is 18.2 Å². The summed E-state index contributed by atoms with van der Waals surface area (Å²) in [5, 5.41) is 0. The molecule has 2 fully saturated rings. The molecule has 2 aliphatic heterocycles. The normalized spacial score (nSPS) is 21.7. The number of para-hydroxylation sites is 1. The van der Waals surface area contributed by atoms with Crippen LogP contribution >= 0.6 is 0 Å². The van der Waals surface area contributed by atoms with Gasteiger partial charge in [0, 0.05) is 23.5 Å². The van der Waals surface area contributed by atoms with Gasteiger partial charge in [-0.3, -0.25) is 4.90 Å². The van der Waals surface area contributed by atoms with Gasteiger partial charge in [-0.1, -0.05) is 18.2 Å². The van der Waals surface area contributed by atoms with Crippen molar-refractivity contribution in [2.75, 3.05) is 25.1 Å². The molecular weight excluding hydrogens is 332 g/mol. The summed E-state index contributed by atoms with van der Waals surface area (Å²) in [5.41, 5.74) is 2.84.